The van der Waals surface area contributed by atoms with Crippen molar-refractivity contribution in [3.8, 4) is 0 Å². The van der Waals surface area contributed by atoms with Gasteiger partial charge in [-0.1, -0.05) is 31.5 Å². The van der Waals surface area contributed by atoms with E-state index in [0.717, 1.165) is 17.5 Å². The number of unbranched alkanes of at least 4 members (excludes halogenated alkanes) is 1. The van der Waals surface area contributed by atoms with Gasteiger partial charge in [0.15, 0.2) is 0 Å². The zero-order valence-corrected chi connectivity index (χ0v) is 23.5. The van der Waals surface area contributed by atoms with Crippen LogP contribution in [0.5, 0.6) is 0 Å². The third-order valence-corrected chi connectivity index (χ3v) is 5.75. The summed E-state index contributed by atoms with van der Waals surface area (Å²) < 4.78 is 9.95. The molecule has 2 atom stereocenters. The van der Waals surface area contributed by atoms with E-state index in [-0.39, 0.29) is 25.9 Å². The maximum Gasteiger partial charge on any atom is 0.408 e. The molecule has 4 amide bonds. The minimum Gasteiger partial charge on any atom is -0.468 e. The fraction of sp³-hybridized carbons (Fsp3) is 0.593. The molecule has 212 valence electrons. The van der Waals surface area contributed by atoms with E-state index in [0.29, 0.717) is 12.0 Å². The van der Waals surface area contributed by atoms with Gasteiger partial charge in [0, 0.05) is 13.0 Å². The highest BCUT2D eigenvalue weighted by Crippen LogP contribution is 2.26. The molecule has 0 saturated carbocycles. The first kappa shape index (κ1) is 32.4. The normalized spacial score (nSPS) is 12.6. The molecule has 0 spiro atoms. The van der Waals surface area contributed by atoms with Gasteiger partial charge in [0.05, 0.1) is 7.11 Å². The molecule has 38 heavy (non-hydrogen) atoms. The molecule has 0 radical (unpaired) electrons. The van der Waals surface area contributed by atoms with Crippen LogP contribution in [0, 0.1) is 13.8 Å². The van der Waals surface area contributed by atoms with Crippen LogP contribution in [-0.4, -0.2) is 66.5 Å². The molecule has 11 nitrogen and oxygen atoms in total. The lowest BCUT2D eigenvalue weighted by Gasteiger charge is -2.34. The van der Waals surface area contributed by atoms with Crippen LogP contribution in [0.15, 0.2) is 18.2 Å². The second-order valence-corrected chi connectivity index (χ2v) is 10.1. The van der Waals surface area contributed by atoms with E-state index in [2.05, 4.69) is 15.4 Å². The molecule has 0 heterocycles. The largest absolute Gasteiger partial charge is 0.468 e. The van der Waals surface area contributed by atoms with Crippen LogP contribution in [0.25, 0.3) is 0 Å². The maximum atomic E-state index is 14.0. The standard InChI is InChI=1S/C27H42N4O7/c1-8-9-14-31(25(35)20(12-13-21(28)32)30-26(36)38-27(4,5)6)23(24(34)29-16-22(33)37-7)19-11-10-17(2)18(3)15-19/h10-11,15,20,23H,8-9,12-14,16H2,1-7H3,(H2,28,32)(H,29,34)(H,30,36). The van der Waals surface area contributed by atoms with Crippen molar-refractivity contribution in [1.29, 1.82) is 0 Å². The zero-order valence-electron chi connectivity index (χ0n) is 23.5. The molecule has 0 aliphatic rings. The summed E-state index contributed by atoms with van der Waals surface area (Å²) in [4.78, 5) is 64.6. The number of ether oxygens (including phenoxy) is 2. The van der Waals surface area contributed by atoms with Crippen LogP contribution in [0.4, 0.5) is 4.79 Å². The predicted octanol–water partition coefficient (Wildman–Crippen LogP) is 2.42. The summed E-state index contributed by atoms with van der Waals surface area (Å²) in [6.07, 6.45) is 0.190. The van der Waals surface area contributed by atoms with Crippen molar-refractivity contribution >= 4 is 29.8 Å². The molecular formula is C27H42N4O7. The van der Waals surface area contributed by atoms with E-state index in [1.54, 1.807) is 26.8 Å². The Bertz CT molecular complexity index is 1000. The van der Waals surface area contributed by atoms with Gasteiger partial charge in [-0.3, -0.25) is 19.2 Å². The lowest BCUT2D eigenvalue weighted by molar-refractivity contribution is -0.145. The number of hydrogen-bond acceptors (Lipinski definition) is 7. The number of hydrogen-bond donors (Lipinski definition) is 3. The number of benzene rings is 1. The number of carbonyl (C=O) groups excluding carboxylic acids is 5. The quantitative estimate of drug-likeness (QED) is 0.328. The maximum absolute atomic E-state index is 14.0. The summed E-state index contributed by atoms with van der Waals surface area (Å²) in [6, 6.07) is 3.10. The fourth-order valence-electron chi connectivity index (χ4n) is 3.62. The van der Waals surface area contributed by atoms with Crippen molar-refractivity contribution in [1.82, 2.24) is 15.5 Å². The van der Waals surface area contributed by atoms with Crippen LogP contribution in [-0.2, 0) is 28.7 Å². The molecule has 1 aromatic rings. The minimum atomic E-state index is -1.18. The lowest BCUT2D eigenvalue weighted by Crippen LogP contribution is -2.53. The van der Waals surface area contributed by atoms with Crippen molar-refractivity contribution in [2.45, 2.75) is 84.9 Å². The van der Waals surface area contributed by atoms with Crippen molar-refractivity contribution in [3.63, 3.8) is 0 Å². The van der Waals surface area contributed by atoms with Crippen LogP contribution >= 0.6 is 0 Å². The number of nitrogens with two attached hydrogens (primary N) is 1. The van der Waals surface area contributed by atoms with Crippen molar-refractivity contribution < 1.29 is 33.4 Å². The molecule has 0 aliphatic heterocycles. The second kappa shape index (κ2) is 14.9. The van der Waals surface area contributed by atoms with Crippen LogP contribution < -0.4 is 16.4 Å². The Labute approximate surface area is 224 Å². The first-order valence-electron chi connectivity index (χ1n) is 12.7. The van der Waals surface area contributed by atoms with E-state index in [9.17, 15) is 24.0 Å². The Morgan fingerprint density at radius 2 is 1.74 bits per heavy atom. The molecule has 0 aromatic heterocycles. The predicted molar refractivity (Wildman–Crippen MR) is 142 cm³/mol. The van der Waals surface area contributed by atoms with Gasteiger partial charge in [-0.05, 0) is 64.2 Å². The Hall–Kier alpha value is -3.63. The van der Waals surface area contributed by atoms with E-state index in [4.69, 9.17) is 10.5 Å². The molecular weight excluding hydrogens is 492 g/mol. The van der Waals surface area contributed by atoms with Gasteiger partial charge >= 0.3 is 12.1 Å². The highest BCUT2D eigenvalue weighted by molar-refractivity contribution is 5.93. The number of primary amides is 1. The first-order chi connectivity index (χ1) is 17.7. The Kier molecular flexibility index (Phi) is 12.7. The number of aryl methyl sites for hydroxylation is 2. The second-order valence-electron chi connectivity index (χ2n) is 10.1. The SMILES string of the molecule is CCCCN(C(=O)C(CCC(N)=O)NC(=O)OC(C)(C)C)C(C(=O)NCC(=O)OC)c1ccc(C)c(C)c1. The molecule has 11 heteroatoms. The summed E-state index contributed by atoms with van der Waals surface area (Å²) in [7, 11) is 1.21. The zero-order chi connectivity index (χ0) is 29.0. The Balaban J connectivity index is 3.52. The summed E-state index contributed by atoms with van der Waals surface area (Å²) in [5.74, 6) is -2.46. The van der Waals surface area contributed by atoms with Crippen molar-refractivity contribution in [2.24, 2.45) is 5.73 Å². The van der Waals surface area contributed by atoms with Gasteiger partial charge in [-0.15, -0.1) is 0 Å². The van der Waals surface area contributed by atoms with Crippen LogP contribution in [0.1, 0.15) is 76.1 Å². The van der Waals surface area contributed by atoms with Gasteiger partial charge in [0.2, 0.25) is 17.7 Å². The molecule has 4 N–H and O–H groups in total. The number of rotatable bonds is 13. The third kappa shape index (κ3) is 10.8. The molecule has 1 aromatic carbocycles. The van der Waals surface area contributed by atoms with E-state index in [1.807, 2.05) is 32.9 Å². The lowest BCUT2D eigenvalue weighted by atomic mass is 9.97. The van der Waals surface area contributed by atoms with Crippen molar-refractivity contribution in [2.75, 3.05) is 20.2 Å². The first-order valence-corrected chi connectivity index (χ1v) is 12.7. The number of nitrogens with zero attached hydrogens (tertiary/aromatic N) is 1. The van der Waals surface area contributed by atoms with Gasteiger partial charge in [0.25, 0.3) is 0 Å². The summed E-state index contributed by atoms with van der Waals surface area (Å²) >= 11 is 0. The monoisotopic (exact) mass is 534 g/mol. The van der Waals surface area contributed by atoms with Gasteiger partial charge in [-0.2, -0.15) is 0 Å². The van der Waals surface area contributed by atoms with Crippen molar-refractivity contribution in [3.05, 3.63) is 34.9 Å². The molecule has 0 fully saturated rings. The van der Waals surface area contributed by atoms with E-state index in [1.165, 1.54) is 12.0 Å². The summed E-state index contributed by atoms with van der Waals surface area (Å²) in [5.41, 5.74) is 6.95. The highest BCUT2D eigenvalue weighted by Gasteiger charge is 2.36. The van der Waals surface area contributed by atoms with E-state index < -0.39 is 47.5 Å². The average molecular weight is 535 g/mol. The Morgan fingerprint density at radius 1 is 1.08 bits per heavy atom. The number of alkyl carbamates (subject to hydrolysis) is 1. The average Bonchev–Trinajstić information content (AvgIpc) is 2.82. The Morgan fingerprint density at radius 3 is 2.26 bits per heavy atom. The third-order valence-electron chi connectivity index (χ3n) is 5.75. The van der Waals surface area contributed by atoms with Gasteiger partial charge in [0.1, 0.15) is 24.2 Å². The number of methoxy groups -OCH3 is 1. The summed E-state index contributed by atoms with van der Waals surface area (Å²) in [6.45, 7) is 10.6. The number of amides is 4. The number of nitrogens with one attached hydrogen (secondary N) is 2. The summed E-state index contributed by atoms with van der Waals surface area (Å²) in [5, 5.41) is 5.09. The van der Waals surface area contributed by atoms with E-state index >= 15 is 0 Å². The number of esters is 1. The van der Waals surface area contributed by atoms with Gasteiger partial charge in [-0.25, -0.2) is 4.79 Å². The smallest absolute Gasteiger partial charge is 0.408 e. The topological polar surface area (TPSA) is 157 Å². The molecule has 0 aliphatic carbocycles. The highest BCUT2D eigenvalue weighted by atomic mass is 16.6. The molecule has 0 saturated heterocycles. The fourth-order valence-corrected chi connectivity index (χ4v) is 3.62. The number of carbonyl (C=O) groups is 5. The van der Waals surface area contributed by atoms with Crippen LogP contribution in [0.2, 0.25) is 0 Å². The molecule has 0 bridgehead atoms. The molecule has 1 rings (SSSR count). The molecule has 2 unspecified atom stereocenters. The van der Waals surface area contributed by atoms with Crippen LogP contribution in [0.3, 0.4) is 0 Å². The minimum absolute atomic E-state index is 0.0839. The van der Waals surface area contributed by atoms with Gasteiger partial charge < -0.3 is 30.7 Å².